The van der Waals surface area contributed by atoms with Crippen molar-refractivity contribution in [1.29, 1.82) is 0 Å². The monoisotopic (exact) mass is 488 g/mol. The number of rotatable bonds is 4. The first-order valence-corrected chi connectivity index (χ1v) is 9.73. The largest absolute Gasteiger partial charge is 0.388 e. The van der Waals surface area contributed by atoms with Crippen molar-refractivity contribution < 1.29 is 16.5 Å². The van der Waals surface area contributed by atoms with Crippen molar-refractivity contribution in [3.8, 4) is 22.8 Å². The molecule has 4 N–H and O–H groups in total. The average molecular weight is 489 g/mol. The Kier molecular flexibility index (Phi) is 9.27. The van der Waals surface area contributed by atoms with Crippen LogP contribution in [-0.4, -0.2) is 29.9 Å². The topological polar surface area (TPSA) is 104 Å². The maximum Gasteiger partial charge on any atom is 0.122 e. The summed E-state index contributed by atoms with van der Waals surface area (Å²) in [6, 6.07) is 22.4. The van der Waals surface area contributed by atoms with Gasteiger partial charge < -0.3 is 11.5 Å². The number of thiocarbonyl (C=S) groups is 2. The molecular weight excluding hydrogens is 471 g/mol. The van der Waals surface area contributed by atoms with E-state index in [1.807, 2.05) is 60.7 Å². The Hall–Kier alpha value is -3.13. The fourth-order valence-electron chi connectivity index (χ4n) is 2.46. The van der Waals surface area contributed by atoms with Gasteiger partial charge in [-0.3, -0.25) is 9.97 Å². The molecule has 4 aromatic heterocycles. The maximum atomic E-state index is 5.51. The molecule has 0 spiro atoms. The molecule has 6 nitrogen and oxygen atoms in total. The molecule has 4 aromatic rings. The molecule has 0 amide bonds. The average Bonchev–Trinajstić information content (AvgIpc) is 2.81. The minimum absolute atomic E-state index is 0. The Morgan fingerprint density at radius 1 is 0.548 bits per heavy atom. The SMILES string of the molecule is NC(=S)c1cccc(-c2ccccn2)n1.NC(=S)c1cccc(-c2ccccn2)n1.[Ni]. The molecule has 0 bridgehead atoms. The predicted octanol–water partition coefficient (Wildman–Crippen LogP) is 3.55. The Morgan fingerprint density at radius 2 is 0.935 bits per heavy atom. The van der Waals surface area contributed by atoms with Crippen LogP contribution in [0.2, 0.25) is 0 Å². The molecule has 0 aliphatic heterocycles. The normalized spacial score (nSPS) is 9.55. The van der Waals surface area contributed by atoms with Crippen LogP contribution >= 0.6 is 24.4 Å². The standard InChI is InChI=1S/2C11H9N3S.Ni/c2*12-11(15)10-6-3-5-9(14-10)8-4-1-2-7-13-8;/h2*1-7H,(H2,12,15);. The molecule has 158 valence electrons. The molecule has 4 heterocycles. The third kappa shape index (κ3) is 6.96. The number of hydrogen-bond acceptors (Lipinski definition) is 6. The molecule has 0 saturated heterocycles. The first kappa shape index (κ1) is 24.1. The zero-order valence-electron chi connectivity index (χ0n) is 16.2. The maximum absolute atomic E-state index is 5.51. The van der Waals surface area contributed by atoms with E-state index in [0.29, 0.717) is 21.4 Å². The van der Waals surface area contributed by atoms with Crippen LogP contribution in [0.15, 0.2) is 85.2 Å². The Labute approximate surface area is 201 Å². The van der Waals surface area contributed by atoms with Gasteiger partial charge in [-0.25, -0.2) is 9.97 Å². The summed E-state index contributed by atoms with van der Waals surface area (Å²) in [6.07, 6.45) is 3.45. The zero-order chi connectivity index (χ0) is 21.3. The second-order valence-electron chi connectivity index (χ2n) is 5.97. The summed E-state index contributed by atoms with van der Waals surface area (Å²) in [6.45, 7) is 0. The van der Waals surface area contributed by atoms with Crippen LogP contribution in [0.25, 0.3) is 22.8 Å². The second kappa shape index (κ2) is 11.9. The van der Waals surface area contributed by atoms with Crippen molar-refractivity contribution in [2.75, 3.05) is 0 Å². The van der Waals surface area contributed by atoms with Gasteiger partial charge in [-0.1, -0.05) is 48.7 Å². The van der Waals surface area contributed by atoms with Crippen LogP contribution in [0, 0.1) is 0 Å². The van der Waals surface area contributed by atoms with Gasteiger partial charge in [-0.15, -0.1) is 0 Å². The number of nitrogens with two attached hydrogens (primary N) is 2. The van der Waals surface area contributed by atoms with Gasteiger partial charge in [0.1, 0.15) is 9.98 Å². The van der Waals surface area contributed by atoms with Crippen molar-refractivity contribution in [3.05, 3.63) is 96.6 Å². The fraction of sp³-hybridized carbons (Fsp3) is 0. The minimum atomic E-state index is 0. The molecule has 0 aliphatic carbocycles. The van der Waals surface area contributed by atoms with Crippen LogP contribution < -0.4 is 11.5 Å². The molecule has 0 aliphatic rings. The van der Waals surface area contributed by atoms with E-state index in [4.69, 9.17) is 35.9 Å². The Bertz CT molecular complexity index is 1060. The summed E-state index contributed by atoms with van der Waals surface area (Å²) in [4.78, 5) is 17.6. The van der Waals surface area contributed by atoms with Gasteiger partial charge in [-0.05, 0) is 48.5 Å². The molecule has 0 fully saturated rings. The third-order valence-electron chi connectivity index (χ3n) is 3.86. The number of nitrogens with zero attached hydrogens (tertiary/aromatic N) is 4. The molecule has 0 unspecified atom stereocenters. The molecule has 0 atom stereocenters. The first-order chi connectivity index (χ1) is 14.5. The Balaban J connectivity index is 0.000000213. The van der Waals surface area contributed by atoms with Crippen LogP contribution in [-0.2, 0) is 16.5 Å². The number of pyridine rings is 4. The van der Waals surface area contributed by atoms with Crippen LogP contribution in [0.3, 0.4) is 0 Å². The van der Waals surface area contributed by atoms with Crippen LogP contribution in [0.4, 0.5) is 0 Å². The molecule has 0 saturated carbocycles. The summed E-state index contributed by atoms with van der Waals surface area (Å²) in [5.74, 6) is 0. The van der Waals surface area contributed by atoms with Crippen molar-refractivity contribution in [3.63, 3.8) is 0 Å². The Morgan fingerprint density at radius 3 is 1.26 bits per heavy atom. The smallest absolute Gasteiger partial charge is 0.122 e. The van der Waals surface area contributed by atoms with E-state index in [2.05, 4.69) is 19.9 Å². The first-order valence-electron chi connectivity index (χ1n) is 8.91. The van der Waals surface area contributed by atoms with Gasteiger partial charge >= 0.3 is 0 Å². The van der Waals surface area contributed by atoms with Crippen molar-refractivity contribution >= 4 is 34.4 Å². The van der Waals surface area contributed by atoms with Crippen molar-refractivity contribution in [2.45, 2.75) is 0 Å². The summed E-state index contributed by atoms with van der Waals surface area (Å²) in [5, 5.41) is 0. The van der Waals surface area contributed by atoms with Gasteiger partial charge in [0.2, 0.25) is 0 Å². The quantitative estimate of drug-likeness (QED) is 0.332. The van der Waals surface area contributed by atoms with Gasteiger partial charge in [0.15, 0.2) is 0 Å². The van der Waals surface area contributed by atoms with Gasteiger partial charge in [-0.2, -0.15) is 0 Å². The second-order valence-corrected chi connectivity index (χ2v) is 6.85. The predicted molar refractivity (Wildman–Crippen MR) is 127 cm³/mol. The van der Waals surface area contributed by atoms with Crippen molar-refractivity contribution in [2.24, 2.45) is 11.5 Å². The van der Waals surface area contributed by atoms with Gasteiger partial charge in [0.25, 0.3) is 0 Å². The van der Waals surface area contributed by atoms with Gasteiger partial charge in [0, 0.05) is 28.9 Å². The molecule has 0 aromatic carbocycles. The van der Waals surface area contributed by atoms with E-state index >= 15 is 0 Å². The summed E-state index contributed by atoms with van der Waals surface area (Å²) in [5.41, 5.74) is 15.4. The molecular formula is C22H18N6NiS2. The van der Waals surface area contributed by atoms with E-state index in [1.54, 1.807) is 24.5 Å². The fourth-order valence-corrected chi connectivity index (χ4v) is 2.69. The van der Waals surface area contributed by atoms with Crippen molar-refractivity contribution in [1.82, 2.24) is 19.9 Å². The van der Waals surface area contributed by atoms with E-state index in [1.165, 1.54) is 0 Å². The minimum Gasteiger partial charge on any atom is -0.388 e. The molecule has 9 heteroatoms. The number of hydrogen-bond donors (Lipinski definition) is 2. The van der Waals surface area contributed by atoms with E-state index < -0.39 is 0 Å². The van der Waals surface area contributed by atoms with E-state index in [9.17, 15) is 0 Å². The van der Waals surface area contributed by atoms with E-state index in [0.717, 1.165) is 22.8 Å². The third-order valence-corrected chi connectivity index (χ3v) is 4.28. The summed E-state index contributed by atoms with van der Waals surface area (Å²) < 4.78 is 0. The summed E-state index contributed by atoms with van der Waals surface area (Å²) in [7, 11) is 0. The van der Waals surface area contributed by atoms with Gasteiger partial charge in [0.05, 0.1) is 34.2 Å². The zero-order valence-corrected chi connectivity index (χ0v) is 18.8. The molecule has 4 rings (SSSR count). The van der Waals surface area contributed by atoms with Crippen LogP contribution in [0.5, 0.6) is 0 Å². The molecule has 0 radical (unpaired) electrons. The van der Waals surface area contributed by atoms with Crippen LogP contribution in [0.1, 0.15) is 11.4 Å². The molecule has 31 heavy (non-hydrogen) atoms. The number of aromatic nitrogens is 4. The van der Waals surface area contributed by atoms with E-state index in [-0.39, 0.29) is 16.5 Å². The summed E-state index contributed by atoms with van der Waals surface area (Å²) >= 11 is 9.73.